The van der Waals surface area contributed by atoms with Crippen LogP contribution in [0.3, 0.4) is 0 Å². The second-order valence-electron chi connectivity index (χ2n) is 4.25. The van der Waals surface area contributed by atoms with Crippen molar-refractivity contribution >= 4 is 33.5 Å². The molecule has 1 N–H and O–H groups in total. The van der Waals surface area contributed by atoms with Gasteiger partial charge in [-0.25, -0.2) is 0 Å². The Labute approximate surface area is 124 Å². The van der Waals surface area contributed by atoms with Gasteiger partial charge in [0, 0.05) is 21.3 Å². The lowest BCUT2D eigenvalue weighted by Crippen LogP contribution is -2.26. The van der Waals surface area contributed by atoms with E-state index >= 15 is 0 Å². The normalized spacial score (nSPS) is 10.1. The van der Waals surface area contributed by atoms with E-state index in [1.807, 2.05) is 13.0 Å². The monoisotopic (exact) mass is 332 g/mol. The van der Waals surface area contributed by atoms with Crippen molar-refractivity contribution in [3.05, 3.63) is 63.6 Å². The van der Waals surface area contributed by atoms with Gasteiger partial charge in [0.25, 0.3) is 5.91 Å². The minimum atomic E-state index is -1.37. The molecule has 0 saturated heterocycles. The van der Waals surface area contributed by atoms with Crippen LogP contribution in [0.4, 0.5) is 5.69 Å². The fraction of sp³-hybridized carbons (Fsp3) is 0.0667. The zero-order chi connectivity index (χ0) is 14.7. The Kier molecular flexibility index (Phi) is 4.20. The van der Waals surface area contributed by atoms with E-state index in [-0.39, 0.29) is 11.1 Å². The molecule has 0 radical (unpaired) electrons. The molecule has 0 aromatic heterocycles. The van der Waals surface area contributed by atoms with Gasteiger partial charge in [0.2, 0.25) is 0 Å². The smallest absolute Gasteiger partial charge is 0.256 e. The van der Waals surface area contributed by atoms with Gasteiger partial charge in [0.05, 0.1) is 5.97 Å². The third-order valence-electron chi connectivity index (χ3n) is 2.82. The lowest BCUT2D eigenvalue weighted by Gasteiger charge is -2.11. The van der Waals surface area contributed by atoms with Gasteiger partial charge in [-0.2, -0.15) is 0 Å². The van der Waals surface area contributed by atoms with Gasteiger partial charge < -0.3 is 15.2 Å². The van der Waals surface area contributed by atoms with Crippen LogP contribution in [0.5, 0.6) is 0 Å². The molecular weight excluding hydrogens is 322 g/mol. The molecule has 20 heavy (non-hydrogen) atoms. The first kappa shape index (κ1) is 14.3. The maximum absolute atomic E-state index is 12.1. The molecule has 0 saturated carbocycles. The largest absolute Gasteiger partial charge is 0.545 e. The van der Waals surface area contributed by atoms with E-state index in [2.05, 4.69) is 21.2 Å². The van der Waals surface area contributed by atoms with E-state index in [0.717, 1.165) is 10.0 Å². The zero-order valence-electron chi connectivity index (χ0n) is 10.6. The number of rotatable bonds is 3. The number of amides is 1. The van der Waals surface area contributed by atoms with Crippen LogP contribution in [0.15, 0.2) is 46.9 Å². The Hall–Kier alpha value is -2.14. The highest BCUT2D eigenvalue weighted by molar-refractivity contribution is 9.10. The number of hydrogen-bond donors (Lipinski definition) is 1. The number of aromatic carboxylic acids is 1. The van der Waals surface area contributed by atoms with Gasteiger partial charge in [-0.15, -0.1) is 0 Å². The van der Waals surface area contributed by atoms with Gasteiger partial charge in [-0.05, 0) is 30.7 Å². The number of aryl methyl sites for hydroxylation is 1. The molecule has 5 heteroatoms. The van der Waals surface area contributed by atoms with Crippen LogP contribution < -0.4 is 10.4 Å². The number of hydrogen-bond acceptors (Lipinski definition) is 3. The van der Waals surface area contributed by atoms with Gasteiger partial charge >= 0.3 is 0 Å². The van der Waals surface area contributed by atoms with Crippen molar-refractivity contribution in [2.75, 3.05) is 5.32 Å². The average Bonchev–Trinajstić information content (AvgIpc) is 2.43. The molecular formula is C15H11BrNO3-. The second kappa shape index (κ2) is 5.88. The van der Waals surface area contributed by atoms with Crippen molar-refractivity contribution < 1.29 is 14.7 Å². The Balaban J connectivity index is 2.28. The maximum Gasteiger partial charge on any atom is 0.256 e. The number of halogens is 1. The average molecular weight is 333 g/mol. The van der Waals surface area contributed by atoms with Crippen LogP contribution in [-0.2, 0) is 0 Å². The van der Waals surface area contributed by atoms with Crippen LogP contribution in [0.2, 0.25) is 0 Å². The third kappa shape index (κ3) is 3.05. The quantitative estimate of drug-likeness (QED) is 0.938. The fourth-order valence-electron chi connectivity index (χ4n) is 1.73. The highest BCUT2D eigenvalue weighted by Gasteiger charge is 2.12. The Bertz CT molecular complexity index is 683. The zero-order valence-corrected chi connectivity index (χ0v) is 12.2. The molecule has 0 aliphatic rings. The predicted octanol–water partition coefficient (Wildman–Crippen LogP) is 2.37. The van der Waals surface area contributed by atoms with Crippen molar-refractivity contribution in [1.82, 2.24) is 0 Å². The molecule has 0 atom stereocenters. The lowest BCUT2D eigenvalue weighted by atomic mass is 10.1. The molecule has 102 valence electrons. The van der Waals surface area contributed by atoms with Gasteiger partial charge in [0.1, 0.15) is 0 Å². The summed E-state index contributed by atoms with van der Waals surface area (Å²) >= 11 is 3.37. The summed E-state index contributed by atoms with van der Waals surface area (Å²) in [6.07, 6.45) is 0. The number of carbonyl (C=O) groups is 2. The first-order valence-corrected chi connectivity index (χ1v) is 6.66. The van der Waals surface area contributed by atoms with Crippen molar-refractivity contribution in [3.63, 3.8) is 0 Å². The molecule has 0 aliphatic carbocycles. The molecule has 0 fully saturated rings. The predicted molar refractivity (Wildman–Crippen MR) is 77.6 cm³/mol. The molecule has 0 aliphatic heterocycles. The van der Waals surface area contributed by atoms with Crippen LogP contribution in [0, 0.1) is 6.92 Å². The van der Waals surface area contributed by atoms with Crippen molar-refractivity contribution in [2.24, 2.45) is 0 Å². The van der Waals surface area contributed by atoms with Gasteiger partial charge in [0.15, 0.2) is 0 Å². The van der Waals surface area contributed by atoms with Gasteiger partial charge in [-0.1, -0.05) is 40.2 Å². The first-order valence-electron chi connectivity index (χ1n) is 5.87. The van der Waals surface area contributed by atoms with Crippen LogP contribution >= 0.6 is 15.9 Å². The number of carbonyl (C=O) groups excluding carboxylic acids is 2. The SMILES string of the molecule is Cc1ccc(NC(=O)c2ccccc2C(=O)[O-])cc1Br. The van der Waals surface area contributed by atoms with E-state index in [4.69, 9.17) is 0 Å². The fourth-order valence-corrected chi connectivity index (χ4v) is 2.11. The summed E-state index contributed by atoms with van der Waals surface area (Å²) in [4.78, 5) is 23.1. The summed E-state index contributed by atoms with van der Waals surface area (Å²) in [5.41, 5.74) is 1.57. The highest BCUT2D eigenvalue weighted by Crippen LogP contribution is 2.21. The Morgan fingerprint density at radius 3 is 2.35 bits per heavy atom. The summed E-state index contributed by atoms with van der Waals surface area (Å²) < 4.78 is 0.864. The van der Waals surface area contributed by atoms with E-state index in [1.165, 1.54) is 12.1 Å². The molecule has 0 bridgehead atoms. The van der Waals surface area contributed by atoms with E-state index in [0.29, 0.717) is 5.69 Å². The molecule has 4 nitrogen and oxygen atoms in total. The minimum Gasteiger partial charge on any atom is -0.545 e. The highest BCUT2D eigenvalue weighted by atomic mass is 79.9. The van der Waals surface area contributed by atoms with Gasteiger partial charge in [-0.3, -0.25) is 4.79 Å². The second-order valence-corrected chi connectivity index (χ2v) is 5.11. The Morgan fingerprint density at radius 2 is 1.75 bits per heavy atom. The van der Waals surface area contributed by atoms with Crippen LogP contribution in [0.25, 0.3) is 0 Å². The molecule has 2 rings (SSSR count). The lowest BCUT2D eigenvalue weighted by molar-refractivity contribution is -0.255. The van der Waals surface area contributed by atoms with Crippen molar-refractivity contribution in [1.29, 1.82) is 0 Å². The van der Waals surface area contributed by atoms with Crippen LogP contribution in [-0.4, -0.2) is 11.9 Å². The number of anilines is 1. The summed E-state index contributed by atoms with van der Waals surface area (Å²) in [5, 5.41) is 13.6. The van der Waals surface area contributed by atoms with E-state index < -0.39 is 11.9 Å². The minimum absolute atomic E-state index is 0.0733. The van der Waals surface area contributed by atoms with E-state index in [1.54, 1.807) is 24.3 Å². The first-order chi connectivity index (χ1) is 9.49. The van der Waals surface area contributed by atoms with Crippen LogP contribution in [0.1, 0.15) is 26.3 Å². The summed E-state index contributed by atoms with van der Waals surface area (Å²) in [6, 6.07) is 11.3. The summed E-state index contributed by atoms with van der Waals surface area (Å²) in [5.74, 6) is -1.86. The molecule has 1 amide bonds. The summed E-state index contributed by atoms with van der Waals surface area (Å²) in [7, 11) is 0. The molecule has 0 spiro atoms. The standard InChI is InChI=1S/C15H12BrNO3/c1-9-6-7-10(8-13(9)16)17-14(18)11-4-2-3-5-12(11)15(19)20/h2-8H,1H3,(H,17,18)(H,19,20)/p-1. The maximum atomic E-state index is 12.1. The number of carboxylic acids is 1. The molecule has 0 unspecified atom stereocenters. The number of nitrogens with one attached hydrogen (secondary N) is 1. The van der Waals surface area contributed by atoms with Crippen molar-refractivity contribution in [2.45, 2.75) is 6.92 Å². The van der Waals surface area contributed by atoms with E-state index in [9.17, 15) is 14.7 Å². The van der Waals surface area contributed by atoms with Crippen molar-refractivity contribution in [3.8, 4) is 0 Å². The topological polar surface area (TPSA) is 69.2 Å². The number of carboxylic acid groups (broad SMARTS) is 1. The third-order valence-corrected chi connectivity index (χ3v) is 3.68. The molecule has 2 aromatic carbocycles. The number of benzene rings is 2. The summed E-state index contributed by atoms with van der Waals surface area (Å²) in [6.45, 7) is 1.93. The Morgan fingerprint density at radius 1 is 1.10 bits per heavy atom. The molecule has 2 aromatic rings. The molecule has 0 heterocycles.